The number of nitrogens with one attached hydrogen (secondary N) is 1. The third-order valence-corrected chi connectivity index (χ3v) is 4.05. The van der Waals surface area contributed by atoms with Crippen molar-refractivity contribution in [1.29, 1.82) is 0 Å². The molecule has 1 unspecified atom stereocenters. The summed E-state index contributed by atoms with van der Waals surface area (Å²) in [5.74, 6) is -0.666. The summed E-state index contributed by atoms with van der Waals surface area (Å²) >= 11 is 0. The van der Waals surface area contributed by atoms with Crippen molar-refractivity contribution < 1.29 is 23.5 Å². The molecule has 0 spiro atoms. The van der Waals surface area contributed by atoms with Crippen molar-refractivity contribution in [2.24, 2.45) is 0 Å². The molecule has 0 radical (unpaired) electrons. The third kappa shape index (κ3) is 5.58. The fourth-order valence-electron chi connectivity index (χ4n) is 2.39. The molecule has 0 aliphatic rings. The number of methoxy groups -OCH3 is 1. The number of hydrogen-bond donors (Lipinski definition) is 1. The lowest BCUT2D eigenvalue weighted by molar-refractivity contribution is -0.141. The SMILES string of the molecule is COC(=O)CC(NC(=O)COc1ccc(C)c(C)c1)c1ccc(F)cc1. The van der Waals surface area contributed by atoms with Crippen molar-refractivity contribution >= 4 is 11.9 Å². The molecule has 1 amide bonds. The van der Waals surface area contributed by atoms with Gasteiger partial charge in [0.1, 0.15) is 11.6 Å². The van der Waals surface area contributed by atoms with Gasteiger partial charge in [-0.05, 0) is 54.8 Å². The minimum Gasteiger partial charge on any atom is -0.484 e. The van der Waals surface area contributed by atoms with E-state index in [0.717, 1.165) is 11.1 Å². The summed E-state index contributed by atoms with van der Waals surface area (Å²) < 4.78 is 23.3. The summed E-state index contributed by atoms with van der Waals surface area (Å²) in [5, 5.41) is 2.73. The molecule has 1 N–H and O–H groups in total. The van der Waals surface area contributed by atoms with Crippen LogP contribution in [0.5, 0.6) is 5.75 Å². The smallest absolute Gasteiger partial charge is 0.307 e. The van der Waals surface area contributed by atoms with E-state index >= 15 is 0 Å². The maximum Gasteiger partial charge on any atom is 0.307 e. The molecule has 2 aromatic carbocycles. The minimum absolute atomic E-state index is 0.0580. The van der Waals surface area contributed by atoms with Gasteiger partial charge >= 0.3 is 5.97 Å². The summed E-state index contributed by atoms with van der Waals surface area (Å²) in [7, 11) is 1.27. The van der Waals surface area contributed by atoms with Crippen molar-refractivity contribution in [3.05, 3.63) is 65.0 Å². The first-order valence-corrected chi connectivity index (χ1v) is 8.20. The number of benzene rings is 2. The molecule has 0 saturated heterocycles. The molecule has 0 aromatic heterocycles. The maximum absolute atomic E-state index is 13.1. The highest BCUT2D eigenvalue weighted by atomic mass is 19.1. The van der Waals surface area contributed by atoms with E-state index in [0.29, 0.717) is 11.3 Å². The highest BCUT2D eigenvalue weighted by Gasteiger charge is 2.19. The van der Waals surface area contributed by atoms with Crippen LogP contribution in [0.4, 0.5) is 4.39 Å². The molecule has 2 aromatic rings. The second-order valence-electron chi connectivity index (χ2n) is 5.99. The average Bonchev–Trinajstić information content (AvgIpc) is 2.62. The van der Waals surface area contributed by atoms with Crippen molar-refractivity contribution in [3.8, 4) is 5.75 Å². The first-order chi connectivity index (χ1) is 12.4. The van der Waals surface area contributed by atoms with Crippen LogP contribution in [0.1, 0.15) is 29.2 Å². The van der Waals surface area contributed by atoms with Crippen molar-refractivity contribution in [1.82, 2.24) is 5.32 Å². The molecule has 6 heteroatoms. The molecule has 1 atom stereocenters. The normalized spacial score (nSPS) is 11.5. The van der Waals surface area contributed by atoms with Crippen molar-refractivity contribution in [3.63, 3.8) is 0 Å². The predicted molar refractivity (Wildman–Crippen MR) is 95.3 cm³/mol. The molecular formula is C20H22FNO4. The zero-order valence-corrected chi connectivity index (χ0v) is 15.0. The van der Waals surface area contributed by atoms with Gasteiger partial charge in [0.05, 0.1) is 19.6 Å². The van der Waals surface area contributed by atoms with Crippen LogP contribution in [-0.2, 0) is 14.3 Å². The molecule has 0 aliphatic carbocycles. The molecule has 0 saturated carbocycles. The van der Waals surface area contributed by atoms with Gasteiger partial charge in [0, 0.05) is 0 Å². The van der Waals surface area contributed by atoms with Crippen LogP contribution in [0, 0.1) is 19.7 Å². The fourth-order valence-corrected chi connectivity index (χ4v) is 2.39. The van der Waals surface area contributed by atoms with Gasteiger partial charge in [0.2, 0.25) is 0 Å². The Bertz CT molecular complexity index is 774. The Hall–Kier alpha value is -2.89. The van der Waals surface area contributed by atoms with E-state index in [9.17, 15) is 14.0 Å². The third-order valence-electron chi connectivity index (χ3n) is 4.05. The number of carbonyl (C=O) groups is 2. The summed E-state index contributed by atoms with van der Waals surface area (Å²) in [4.78, 5) is 23.8. The van der Waals surface area contributed by atoms with E-state index in [2.05, 4.69) is 10.1 Å². The van der Waals surface area contributed by atoms with E-state index < -0.39 is 17.8 Å². The monoisotopic (exact) mass is 359 g/mol. The van der Waals surface area contributed by atoms with E-state index in [4.69, 9.17) is 4.74 Å². The largest absolute Gasteiger partial charge is 0.484 e. The summed E-state index contributed by atoms with van der Waals surface area (Å²) in [5.41, 5.74) is 2.81. The molecule has 0 fully saturated rings. The lowest BCUT2D eigenvalue weighted by Crippen LogP contribution is -2.34. The first kappa shape index (κ1) is 19.4. The molecular weight excluding hydrogens is 337 g/mol. The quantitative estimate of drug-likeness (QED) is 0.771. The maximum atomic E-state index is 13.1. The Morgan fingerprint density at radius 1 is 1.08 bits per heavy atom. The highest BCUT2D eigenvalue weighted by Crippen LogP contribution is 2.19. The zero-order valence-electron chi connectivity index (χ0n) is 15.0. The number of hydrogen-bond acceptors (Lipinski definition) is 4. The van der Waals surface area contributed by atoms with E-state index in [1.54, 1.807) is 6.07 Å². The number of esters is 1. The molecule has 0 heterocycles. The summed E-state index contributed by atoms with van der Waals surface area (Å²) in [6.07, 6.45) is -0.0580. The van der Waals surface area contributed by atoms with Gasteiger partial charge in [-0.3, -0.25) is 9.59 Å². The van der Waals surface area contributed by atoms with Gasteiger partial charge < -0.3 is 14.8 Å². The Labute approximate surface area is 152 Å². The molecule has 138 valence electrons. The number of amides is 1. The van der Waals surface area contributed by atoms with Gasteiger partial charge in [-0.15, -0.1) is 0 Å². The van der Waals surface area contributed by atoms with Crippen LogP contribution >= 0.6 is 0 Å². The van der Waals surface area contributed by atoms with Gasteiger partial charge in [-0.2, -0.15) is 0 Å². The van der Waals surface area contributed by atoms with E-state index in [-0.39, 0.29) is 18.9 Å². The number of halogens is 1. The predicted octanol–water partition coefficient (Wildman–Crippen LogP) is 3.24. The van der Waals surface area contributed by atoms with Gasteiger partial charge in [-0.1, -0.05) is 18.2 Å². The van der Waals surface area contributed by atoms with Crippen LogP contribution in [0.25, 0.3) is 0 Å². The Kier molecular flexibility index (Phi) is 6.72. The zero-order chi connectivity index (χ0) is 19.1. The molecule has 0 bridgehead atoms. The van der Waals surface area contributed by atoms with Gasteiger partial charge in [0.15, 0.2) is 6.61 Å². The number of rotatable bonds is 7. The van der Waals surface area contributed by atoms with Crippen LogP contribution in [0.15, 0.2) is 42.5 Å². The summed E-state index contributed by atoms with van der Waals surface area (Å²) in [6.45, 7) is 3.76. The van der Waals surface area contributed by atoms with Crippen molar-refractivity contribution in [2.45, 2.75) is 26.3 Å². The lowest BCUT2D eigenvalue weighted by Gasteiger charge is -2.18. The average molecular weight is 359 g/mol. The number of aryl methyl sites for hydroxylation is 2. The molecule has 0 aliphatic heterocycles. The second-order valence-corrected chi connectivity index (χ2v) is 5.99. The van der Waals surface area contributed by atoms with Crippen LogP contribution in [0.2, 0.25) is 0 Å². The van der Waals surface area contributed by atoms with Crippen LogP contribution in [-0.4, -0.2) is 25.6 Å². The highest BCUT2D eigenvalue weighted by molar-refractivity contribution is 5.79. The minimum atomic E-state index is -0.626. The Morgan fingerprint density at radius 3 is 2.38 bits per heavy atom. The number of carbonyl (C=O) groups excluding carboxylic acids is 2. The van der Waals surface area contributed by atoms with Crippen LogP contribution in [0.3, 0.4) is 0 Å². The number of ether oxygens (including phenoxy) is 2. The van der Waals surface area contributed by atoms with Crippen molar-refractivity contribution in [2.75, 3.05) is 13.7 Å². The Morgan fingerprint density at radius 2 is 1.77 bits per heavy atom. The van der Waals surface area contributed by atoms with Gasteiger partial charge in [0.25, 0.3) is 5.91 Å². The first-order valence-electron chi connectivity index (χ1n) is 8.20. The molecule has 5 nitrogen and oxygen atoms in total. The van der Waals surface area contributed by atoms with Crippen LogP contribution < -0.4 is 10.1 Å². The lowest BCUT2D eigenvalue weighted by atomic mass is 10.0. The molecule has 2 rings (SSSR count). The summed E-state index contributed by atoms with van der Waals surface area (Å²) in [6, 6.07) is 10.5. The topological polar surface area (TPSA) is 64.6 Å². The molecule has 26 heavy (non-hydrogen) atoms. The van der Waals surface area contributed by atoms with E-state index in [1.807, 2.05) is 26.0 Å². The second kappa shape index (κ2) is 8.99. The van der Waals surface area contributed by atoms with E-state index in [1.165, 1.54) is 31.4 Å². The Balaban J connectivity index is 2.01. The van der Waals surface area contributed by atoms with Gasteiger partial charge in [-0.25, -0.2) is 4.39 Å². The fraction of sp³-hybridized carbons (Fsp3) is 0.300. The standard InChI is InChI=1S/C20H22FNO4/c1-13-4-9-17(10-14(13)2)26-12-19(23)22-18(11-20(24)25-3)15-5-7-16(21)8-6-15/h4-10,18H,11-12H2,1-3H3,(H,22,23).